The van der Waals surface area contributed by atoms with Crippen LogP contribution in [-0.2, 0) is 20.9 Å². The van der Waals surface area contributed by atoms with Crippen LogP contribution in [0.4, 0.5) is 4.79 Å². The van der Waals surface area contributed by atoms with Crippen molar-refractivity contribution in [3.8, 4) is 0 Å². The van der Waals surface area contributed by atoms with Crippen LogP contribution in [0, 0.1) is 11.3 Å². The standard InChI is InChI=1S/C24H33N3O5/c28-14-19(12-18-8-11-25-21(18)29)26-22(30)20-13-24(9-4-5-10-24)16-27(20)23(31)32-15-17-6-2-1-3-7-17/h1-3,6-7,18-20,28H,4-5,8-16H2,(H,25,29)(H,26,30)/t18-,19-,20-/m0/s1. The number of nitrogens with zero attached hydrogens (tertiary/aromatic N) is 1. The Morgan fingerprint density at radius 2 is 2.00 bits per heavy atom. The average Bonchev–Trinajstić information content (AvgIpc) is 3.53. The van der Waals surface area contributed by atoms with Crippen LogP contribution in [0.25, 0.3) is 0 Å². The zero-order valence-corrected chi connectivity index (χ0v) is 18.4. The van der Waals surface area contributed by atoms with E-state index in [-0.39, 0.29) is 36.4 Å². The molecule has 0 aromatic heterocycles. The lowest BCUT2D eigenvalue weighted by Crippen LogP contribution is -2.50. The van der Waals surface area contributed by atoms with Crippen LogP contribution in [0.5, 0.6) is 0 Å². The van der Waals surface area contributed by atoms with E-state index in [4.69, 9.17) is 4.74 Å². The van der Waals surface area contributed by atoms with Crippen molar-refractivity contribution in [2.45, 2.75) is 63.6 Å². The SMILES string of the molecule is O=C1NCC[C@H]1C[C@@H](CO)NC(=O)[C@@H]1CC2(CCCC2)CN1C(=O)OCc1ccccc1. The fraction of sp³-hybridized carbons (Fsp3) is 0.625. The van der Waals surface area contributed by atoms with Crippen LogP contribution < -0.4 is 10.6 Å². The fourth-order valence-electron chi connectivity index (χ4n) is 5.46. The molecule has 1 spiro atoms. The largest absolute Gasteiger partial charge is 0.445 e. The number of aliphatic hydroxyl groups excluding tert-OH is 1. The smallest absolute Gasteiger partial charge is 0.410 e. The van der Waals surface area contributed by atoms with Crippen molar-refractivity contribution in [2.24, 2.45) is 11.3 Å². The summed E-state index contributed by atoms with van der Waals surface area (Å²) in [5.41, 5.74) is 0.861. The molecule has 8 heteroatoms. The molecule has 1 aromatic rings. The van der Waals surface area contributed by atoms with Gasteiger partial charge in [0, 0.05) is 19.0 Å². The Morgan fingerprint density at radius 1 is 1.25 bits per heavy atom. The van der Waals surface area contributed by atoms with Gasteiger partial charge in [0.25, 0.3) is 0 Å². The molecule has 4 rings (SSSR count). The molecule has 1 saturated carbocycles. The van der Waals surface area contributed by atoms with E-state index in [1.165, 1.54) is 0 Å². The van der Waals surface area contributed by atoms with E-state index >= 15 is 0 Å². The lowest BCUT2D eigenvalue weighted by molar-refractivity contribution is -0.127. The molecule has 8 nitrogen and oxygen atoms in total. The zero-order valence-electron chi connectivity index (χ0n) is 18.4. The summed E-state index contributed by atoms with van der Waals surface area (Å²) in [5.74, 6) is -0.512. The maximum absolute atomic E-state index is 13.2. The summed E-state index contributed by atoms with van der Waals surface area (Å²) in [7, 11) is 0. The van der Waals surface area contributed by atoms with Crippen molar-refractivity contribution < 1.29 is 24.2 Å². The first-order valence-corrected chi connectivity index (χ1v) is 11.7. The van der Waals surface area contributed by atoms with Crippen LogP contribution >= 0.6 is 0 Å². The van der Waals surface area contributed by atoms with Crippen LogP contribution in [0.1, 0.15) is 50.5 Å². The van der Waals surface area contributed by atoms with E-state index in [2.05, 4.69) is 10.6 Å². The number of likely N-dealkylation sites (tertiary alicyclic amines) is 1. The van der Waals surface area contributed by atoms with Crippen molar-refractivity contribution in [3.63, 3.8) is 0 Å². The number of nitrogens with one attached hydrogen (secondary N) is 2. The van der Waals surface area contributed by atoms with Gasteiger partial charge in [0.2, 0.25) is 11.8 Å². The molecule has 3 atom stereocenters. The molecule has 3 fully saturated rings. The number of hydrogen-bond acceptors (Lipinski definition) is 5. The van der Waals surface area contributed by atoms with Crippen molar-refractivity contribution in [1.29, 1.82) is 0 Å². The van der Waals surface area contributed by atoms with Crippen molar-refractivity contribution >= 4 is 17.9 Å². The Labute approximate surface area is 188 Å². The third-order valence-electron chi connectivity index (χ3n) is 7.21. The molecule has 2 saturated heterocycles. The number of ether oxygens (including phenoxy) is 1. The van der Waals surface area contributed by atoms with Gasteiger partial charge in [-0.25, -0.2) is 4.79 Å². The molecular weight excluding hydrogens is 410 g/mol. The van der Waals surface area contributed by atoms with Crippen molar-refractivity contribution in [1.82, 2.24) is 15.5 Å². The minimum absolute atomic E-state index is 0.0328. The second kappa shape index (κ2) is 9.90. The zero-order chi connectivity index (χ0) is 22.6. The highest BCUT2D eigenvalue weighted by atomic mass is 16.6. The number of carbonyl (C=O) groups excluding carboxylic acids is 3. The first-order chi connectivity index (χ1) is 15.5. The lowest BCUT2D eigenvalue weighted by Gasteiger charge is -2.26. The first kappa shape index (κ1) is 22.6. The molecule has 2 aliphatic heterocycles. The summed E-state index contributed by atoms with van der Waals surface area (Å²) in [6.07, 6.45) is 5.46. The first-order valence-electron chi connectivity index (χ1n) is 11.7. The number of carbonyl (C=O) groups is 3. The van der Waals surface area contributed by atoms with Crippen LogP contribution in [0.3, 0.4) is 0 Å². The lowest BCUT2D eigenvalue weighted by atomic mass is 9.84. The summed E-state index contributed by atoms with van der Waals surface area (Å²) < 4.78 is 5.55. The number of amides is 3. The Balaban J connectivity index is 1.41. The third kappa shape index (κ3) is 5.06. The Bertz CT molecular complexity index is 824. The molecule has 3 aliphatic rings. The molecule has 1 aromatic carbocycles. The molecule has 3 amide bonds. The summed E-state index contributed by atoms with van der Waals surface area (Å²) in [4.78, 5) is 39.7. The maximum Gasteiger partial charge on any atom is 0.410 e. The highest BCUT2D eigenvalue weighted by molar-refractivity contribution is 5.87. The molecule has 1 aliphatic carbocycles. The number of rotatable bonds is 7. The van der Waals surface area contributed by atoms with Gasteiger partial charge < -0.3 is 20.5 Å². The Morgan fingerprint density at radius 3 is 2.66 bits per heavy atom. The van der Waals surface area contributed by atoms with E-state index in [0.29, 0.717) is 32.4 Å². The maximum atomic E-state index is 13.2. The fourth-order valence-corrected chi connectivity index (χ4v) is 5.46. The molecule has 2 heterocycles. The van der Waals surface area contributed by atoms with Gasteiger partial charge >= 0.3 is 6.09 Å². The normalized spacial score (nSPS) is 25.0. The van der Waals surface area contributed by atoms with Gasteiger partial charge in [0.15, 0.2) is 0 Å². The molecular formula is C24H33N3O5. The van der Waals surface area contributed by atoms with E-state index in [1.54, 1.807) is 4.90 Å². The Kier molecular flexibility index (Phi) is 6.98. The summed E-state index contributed by atoms with van der Waals surface area (Å²) in [5, 5.41) is 15.5. The van der Waals surface area contributed by atoms with Crippen LogP contribution in [0.2, 0.25) is 0 Å². The third-order valence-corrected chi connectivity index (χ3v) is 7.21. The quantitative estimate of drug-likeness (QED) is 0.597. The van der Waals surface area contributed by atoms with Gasteiger partial charge in [-0.15, -0.1) is 0 Å². The monoisotopic (exact) mass is 443 g/mol. The summed E-state index contributed by atoms with van der Waals surface area (Å²) in [6.45, 7) is 1.06. The topological polar surface area (TPSA) is 108 Å². The Hall–Kier alpha value is -2.61. The molecule has 0 radical (unpaired) electrons. The summed E-state index contributed by atoms with van der Waals surface area (Å²) >= 11 is 0. The molecule has 3 N–H and O–H groups in total. The second-order valence-electron chi connectivity index (χ2n) is 9.50. The molecule has 174 valence electrons. The van der Waals surface area contributed by atoms with Crippen LogP contribution in [-0.4, -0.2) is 59.7 Å². The predicted molar refractivity (Wildman–Crippen MR) is 117 cm³/mol. The number of benzene rings is 1. The molecule has 0 bridgehead atoms. The minimum atomic E-state index is -0.622. The predicted octanol–water partition coefficient (Wildman–Crippen LogP) is 1.96. The van der Waals surface area contributed by atoms with Gasteiger partial charge in [0.05, 0.1) is 12.6 Å². The highest BCUT2D eigenvalue weighted by Gasteiger charge is 2.50. The molecule has 32 heavy (non-hydrogen) atoms. The van der Waals surface area contributed by atoms with E-state index in [1.807, 2.05) is 30.3 Å². The second-order valence-corrected chi connectivity index (χ2v) is 9.50. The van der Waals surface area contributed by atoms with Gasteiger partial charge in [-0.1, -0.05) is 43.2 Å². The van der Waals surface area contributed by atoms with Gasteiger partial charge in [-0.3, -0.25) is 14.5 Å². The van der Waals surface area contributed by atoms with Gasteiger partial charge in [-0.2, -0.15) is 0 Å². The number of hydrogen-bond donors (Lipinski definition) is 3. The number of aliphatic hydroxyl groups is 1. The minimum Gasteiger partial charge on any atom is -0.445 e. The van der Waals surface area contributed by atoms with E-state index < -0.39 is 18.2 Å². The average molecular weight is 444 g/mol. The van der Waals surface area contributed by atoms with Gasteiger partial charge in [0.1, 0.15) is 12.6 Å². The highest BCUT2D eigenvalue weighted by Crippen LogP contribution is 2.48. The summed E-state index contributed by atoms with van der Waals surface area (Å²) in [6, 6.07) is 8.34. The van der Waals surface area contributed by atoms with Crippen molar-refractivity contribution in [2.75, 3.05) is 19.7 Å². The van der Waals surface area contributed by atoms with Gasteiger partial charge in [-0.05, 0) is 43.1 Å². The van der Waals surface area contributed by atoms with E-state index in [9.17, 15) is 19.5 Å². The molecule has 0 unspecified atom stereocenters. The van der Waals surface area contributed by atoms with Crippen molar-refractivity contribution in [3.05, 3.63) is 35.9 Å². The van der Waals surface area contributed by atoms with E-state index in [0.717, 1.165) is 31.2 Å². The van der Waals surface area contributed by atoms with Crippen LogP contribution in [0.15, 0.2) is 30.3 Å².